The summed E-state index contributed by atoms with van der Waals surface area (Å²) in [4.78, 5) is 2.40. The molecule has 10 nitrogen and oxygen atoms in total. The molecule has 0 aliphatic carbocycles. The van der Waals surface area contributed by atoms with Crippen molar-refractivity contribution in [1.82, 2.24) is 30.2 Å². The minimum absolute atomic E-state index is 0.120. The molecule has 0 saturated carbocycles. The normalized spacial score (nSPS) is 16.1. The molecule has 10 heteroatoms. The molecule has 1 atom stereocenters. The van der Waals surface area contributed by atoms with Crippen LogP contribution in [0.2, 0.25) is 0 Å². The molecule has 0 unspecified atom stereocenters. The Morgan fingerprint density at radius 2 is 1.93 bits per heavy atom. The number of methoxy groups -OCH3 is 2. The summed E-state index contributed by atoms with van der Waals surface area (Å²) in [5, 5.41) is 19.1. The van der Waals surface area contributed by atoms with E-state index in [4.69, 9.17) is 14.2 Å². The highest BCUT2D eigenvalue weighted by Gasteiger charge is 2.24. The van der Waals surface area contributed by atoms with Crippen molar-refractivity contribution in [3.05, 3.63) is 35.9 Å². The monoisotopic (exact) mass is 385 g/mol. The first kappa shape index (κ1) is 18.4. The Balaban J connectivity index is 1.57. The number of nitrogens with one attached hydrogen (secondary N) is 1. The average molecular weight is 385 g/mol. The van der Waals surface area contributed by atoms with Crippen molar-refractivity contribution >= 4 is 11.5 Å². The lowest BCUT2D eigenvalue weighted by Gasteiger charge is -2.35. The molecule has 1 N–H and O–H groups in total. The van der Waals surface area contributed by atoms with E-state index in [-0.39, 0.29) is 6.04 Å². The summed E-state index contributed by atoms with van der Waals surface area (Å²) in [6.45, 7) is 3.83. The summed E-state index contributed by atoms with van der Waals surface area (Å²) in [6, 6.07) is 9.86. The quantitative estimate of drug-likeness (QED) is 0.639. The minimum atomic E-state index is 0.120. The van der Waals surface area contributed by atoms with Gasteiger partial charge in [-0.25, -0.2) is 0 Å². The van der Waals surface area contributed by atoms with Gasteiger partial charge in [0, 0.05) is 19.6 Å². The van der Waals surface area contributed by atoms with Crippen LogP contribution < -0.4 is 14.8 Å². The third kappa shape index (κ3) is 3.82. The van der Waals surface area contributed by atoms with Crippen molar-refractivity contribution in [3.63, 3.8) is 0 Å². The lowest BCUT2D eigenvalue weighted by atomic mass is 10.0. The fraction of sp³-hybridized carbons (Fsp3) is 0.444. The zero-order chi connectivity index (χ0) is 19.3. The number of morpholine rings is 1. The number of hydrogen-bond acceptors (Lipinski definition) is 9. The van der Waals surface area contributed by atoms with Gasteiger partial charge in [0.1, 0.15) is 5.82 Å². The van der Waals surface area contributed by atoms with Gasteiger partial charge in [-0.1, -0.05) is 6.07 Å². The Hall–Kier alpha value is -2.98. The number of nitrogens with zero attached hydrogens (tertiary/aromatic N) is 6. The van der Waals surface area contributed by atoms with E-state index in [1.54, 1.807) is 14.2 Å². The topological polar surface area (TPSA) is 98.9 Å². The Kier molecular flexibility index (Phi) is 5.49. The van der Waals surface area contributed by atoms with Crippen molar-refractivity contribution in [3.8, 4) is 11.5 Å². The van der Waals surface area contributed by atoms with E-state index in [1.165, 1.54) is 4.63 Å². The van der Waals surface area contributed by atoms with E-state index in [0.717, 1.165) is 31.9 Å². The number of aromatic nitrogens is 5. The van der Waals surface area contributed by atoms with Crippen LogP contribution in [-0.4, -0.2) is 77.2 Å². The van der Waals surface area contributed by atoms with Gasteiger partial charge in [0.15, 0.2) is 17.1 Å². The highest BCUT2D eigenvalue weighted by molar-refractivity contribution is 5.45. The molecule has 148 valence electrons. The highest BCUT2D eigenvalue weighted by Crippen LogP contribution is 2.32. The fourth-order valence-electron chi connectivity index (χ4n) is 3.35. The van der Waals surface area contributed by atoms with Crippen LogP contribution in [0.25, 0.3) is 5.65 Å². The lowest BCUT2D eigenvalue weighted by Crippen LogP contribution is -2.41. The van der Waals surface area contributed by atoms with Gasteiger partial charge in [-0.15, -0.1) is 14.8 Å². The van der Waals surface area contributed by atoms with Gasteiger partial charge in [-0.2, -0.15) is 0 Å². The Morgan fingerprint density at radius 1 is 1.11 bits per heavy atom. The molecule has 0 amide bonds. The van der Waals surface area contributed by atoms with Gasteiger partial charge < -0.3 is 19.5 Å². The Morgan fingerprint density at radius 3 is 2.71 bits per heavy atom. The number of ether oxygens (including phenoxy) is 3. The van der Waals surface area contributed by atoms with Crippen LogP contribution in [0, 0.1) is 0 Å². The standard InChI is InChI=1S/C18H23N7O3/c1-26-15-4-3-13(11-16(15)27-2)14(24-7-9-28-10-8-24)12-19-17-5-6-18-20-22-23-25(18)21-17/h3-6,11,14H,7-10,12H2,1-2H3,(H,19,21)/t14-/m1/s1. The summed E-state index contributed by atoms with van der Waals surface area (Å²) in [5.41, 5.74) is 1.74. The number of tetrazole rings is 1. The van der Waals surface area contributed by atoms with E-state index < -0.39 is 0 Å². The predicted molar refractivity (Wildman–Crippen MR) is 102 cm³/mol. The second-order valence-electron chi connectivity index (χ2n) is 6.40. The van der Waals surface area contributed by atoms with Gasteiger partial charge in [0.25, 0.3) is 0 Å². The molecule has 0 spiro atoms. The molecule has 0 radical (unpaired) electrons. The van der Waals surface area contributed by atoms with Crippen LogP contribution >= 0.6 is 0 Å². The SMILES string of the molecule is COc1ccc([C@@H](CNc2ccc3nnnn3n2)N2CCOCC2)cc1OC. The molecule has 4 rings (SSSR count). The number of benzene rings is 1. The maximum absolute atomic E-state index is 5.52. The second-order valence-corrected chi connectivity index (χ2v) is 6.40. The maximum Gasteiger partial charge on any atom is 0.200 e. The fourth-order valence-corrected chi connectivity index (χ4v) is 3.35. The molecular weight excluding hydrogens is 362 g/mol. The smallest absolute Gasteiger partial charge is 0.200 e. The number of anilines is 1. The summed E-state index contributed by atoms with van der Waals surface area (Å²) in [5.74, 6) is 2.13. The van der Waals surface area contributed by atoms with Gasteiger partial charge in [-0.3, -0.25) is 4.90 Å². The predicted octanol–water partition coefficient (Wildman–Crippen LogP) is 1.02. The first-order valence-electron chi connectivity index (χ1n) is 9.11. The zero-order valence-electron chi connectivity index (χ0n) is 15.9. The summed E-state index contributed by atoms with van der Waals surface area (Å²) in [6.07, 6.45) is 0. The summed E-state index contributed by atoms with van der Waals surface area (Å²) in [7, 11) is 3.29. The van der Waals surface area contributed by atoms with E-state index in [2.05, 4.69) is 36.9 Å². The highest BCUT2D eigenvalue weighted by atomic mass is 16.5. The number of rotatable bonds is 7. The third-order valence-corrected chi connectivity index (χ3v) is 4.82. The largest absolute Gasteiger partial charge is 0.493 e. The van der Waals surface area contributed by atoms with Crippen LogP contribution in [-0.2, 0) is 4.74 Å². The second kappa shape index (κ2) is 8.36. The van der Waals surface area contributed by atoms with Crippen LogP contribution in [0.5, 0.6) is 11.5 Å². The van der Waals surface area contributed by atoms with Crippen LogP contribution in [0.15, 0.2) is 30.3 Å². The average Bonchev–Trinajstić information content (AvgIpc) is 3.22. The first-order chi connectivity index (χ1) is 13.8. The van der Waals surface area contributed by atoms with E-state index >= 15 is 0 Å². The lowest BCUT2D eigenvalue weighted by molar-refractivity contribution is 0.0186. The van der Waals surface area contributed by atoms with E-state index in [0.29, 0.717) is 29.5 Å². The molecule has 1 saturated heterocycles. The number of fused-ring (bicyclic) bond motifs is 1. The first-order valence-corrected chi connectivity index (χ1v) is 9.11. The van der Waals surface area contributed by atoms with Gasteiger partial charge in [0.2, 0.25) is 0 Å². The van der Waals surface area contributed by atoms with Crippen LogP contribution in [0.3, 0.4) is 0 Å². The molecule has 2 aromatic heterocycles. The van der Waals surface area contributed by atoms with Gasteiger partial charge >= 0.3 is 0 Å². The molecule has 0 bridgehead atoms. The van der Waals surface area contributed by atoms with Crippen LogP contribution in [0.1, 0.15) is 11.6 Å². The molecule has 1 aromatic carbocycles. The third-order valence-electron chi connectivity index (χ3n) is 4.82. The van der Waals surface area contributed by atoms with Crippen molar-refractivity contribution < 1.29 is 14.2 Å². The van der Waals surface area contributed by atoms with Crippen molar-refractivity contribution in [1.29, 1.82) is 0 Å². The molecule has 3 aromatic rings. The molecule has 28 heavy (non-hydrogen) atoms. The zero-order valence-corrected chi connectivity index (χ0v) is 15.9. The van der Waals surface area contributed by atoms with Gasteiger partial charge in [-0.05, 0) is 40.3 Å². The molecule has 3 heterocycles. The summed E-state index contributed by atoms with van der Waals surface area (Å²) >= 11 is 0. The van der Waals surface area contributed by atoms with Crippen molar-refractivity contribution in [2.45, 2.75) is 6.04 Å². The van der Waals surface area contributed by atoms with Crippen molar-refractivity contribution in [2.75, 3.05) is 52.4 Å². The number of hydrogen-bond donors (Lipinski definition) is 1. The van der Waals surface area contributed by atoms with E-state index in [9.17, 15) is 0 Å². The van der Waals surface area contributed by atoms with Crippen molar-refractivity contribution in [2.24, 2.45) is 0 Å². The van der Waals surface area contributed by atoms with Crippen LogP contribution in [0.4, 0.5) is 5.82 Å². The Bertz CT molecular complexity index is 926. The molecule has 1 aliphatic rings. The molecule has 1 aliphatic heterocycles. The van der Waals surface area contributed by atoms with E-state index in [1.807, 2.05) is 24.3 Å². The molecular formula is C18H23N7O3. The Labute approximate surface area is 162 Å². The molecule has 1 fully saturated rings. The maximum atomic E-state index is 5.52. The van der Waals surface area contributed by atoms with Gasteiger partial charge in [0.05, 0.1) is 33.5 Å². The summed E-state index contributed by atoms with van der Waals surface area (Å²) < 4.78 is 17.8. The minimum Gasteiger partial charge on any atom is -0.493 e.